The van der Waals surface area contributed by atoms with Crippen molar-refractivity contribution in [2.75, 3.05) is 13.6 Å². The molecule has 0 spiro atoms. The van der Waals surface area contributed by atoms with Crippen molar-refractivity contribution in [3.8, 4) is 10.4 Å². The van der Waals surface area contributed by atoms with Gasteiger partial charge in [0.1, 0.15) is 11.3 Å². The van der Waals surface area contributed by atoms with Gasteiger partial charge < -0.3 is 14.6 Å². The predicted molar refractivity (Wildman–Crippen MR) is 136 cm³/mol. The molecule has 0 unspecified atom stereocenters. The Balaban J connectivity index is 1.54. The summed E-state index contributed by atoms with van der Waals surface area (Å²) in [5, 5.41) is 4.65. The van der Waals surface area contributed by atoms with E-state index in [4.69, 9.17) is 4.42 Å². The summed E-state index contributed by atoms with van der Waals surface area (Å²) in [6.07, 6.45) is 2.33. The summed E-state index contributed by atoms with van der Waals surface area (Å²) in [5.41, 5.74) is 2.67. The fourth-order valence-electron chi connectivity index (χ4n) is 4.11. The standard InChI is InChI=1S/C27H29N3O3S/c1-17(2)15-20(16-28-26(31)22-11-8-12-23-21(22)13-14-33-23)30(4)27(32)24-25(34-18(3)29-24)19-9-6-5-7-10-19/h5-14,17,20H,15-16H2,1-4H3,(H,28,31)/t20-/m0/s1. The molecule has 0 aliphatic carbocycles. The second kappa shape index (κ2) is 10.2. The Morgan fingerprint density at radius 2 is 1.85 bits per heavy atom. The third-order valence-electron chi connectivity index (χ3n) is 5.82. The summed E-state index contributed by atoms with van der Waals surface area (Å²) in [5.74, 6) is 0.0244. The van der Waals surface area contributed by atoms with Crippen molar-refractivity contribution in [2.24, 2.45) is 5.92 Å². The van der Waals surface area contributed by atoms with Crippen molar-refractivity contribution >= 4 is 34.1 Å². The van der Waals surface area contributed by atoms with Gasteiger partial charge in [0.25, 0.3) is 11.8 Å². The van der Waals surface area contributed by atoms with Gasteiger partial charge in [-0.2, -0.15) is 0 Å². The molecule has 0 bridgehead atoms. The molecule has 1 atom stereocenters. The SMILES string of the molecule is Cc1nc(C(=O)N(C)[C@H](CNC(=O)c2cccc3occc23)CC(C)C)c(-c2ccccc2)s1. The van der Waals surface area contributed by atoms with Crippen molar-refractivity contribution in [3.63, 3.8) is 0 Å². The van der Waals surface area contributed by atoms with Crippen molar-refractivity contribution in [3.05, 3.63) is 77.1 Å². The molecule has 0 saturated heterocycles. The highest BCUT2D eigenvalue weighted by molar-refractivity contribution is 7.15. The first-order valence-corrected chi connectivity index (χ1v) is 12.2. The maximum atomic E-state index is 13.6. The topological polar surface area (TPSA) is 75.4 Å². The zero-order valence-corrected chi connectivity index (χ0v) is 20.7. The van der Waals surface area contributed by atoms with Crippen LogP contribution < -0.4 is 5.32 Å². The van der Waals surface area contributed by atoms with Crippen LogP contribution in [0, 0.1) is 12.8 Å². The number of hydrogen-bond donors (Lipinski definition) is 1. The zero-order valence-electron chi connectivity index (χ0n) is 19.9. The third kappa shape index (κ3) is 5.04. The highest BCUT2D eigenvalue weighted by Crippen LogP contribution is 2.31. The van der Waals surface area contributed by atoms with Gasteiger partial charge in [0.05, 0.1) is 21.7 Å². The number of hydrogen-bond acceptors (Lipinski definition) is 5. The lowest BCUT2D eigenvalue weighted by Gasteiger charge is -2.29. The number of amides is 2. The number of carbonyl (C=O) groups excluding carboxylic acids is 2. The molecule has 0 aliphatic rings. The smallest absolute Gasteiger partial charge is 0.274 e. The second-order valence-electron chi connectivity index (χ2n) is 8.82. The molecule has 34 heavy (non-hydrogen) atoms. The van der Waals surface area contributed by atoms with E-state index in [1.165, 1.54) is 11.3 Å². The zero-order chi connectivity index (χ0) is 24.2. The number of nitrogens with zero attached hydrogens (tertiary/aromatic N) is 2. The first-order valence-electron chi connectivity index (χ1n) is 11.4. The molecule has 1 N–H and O–H groups in total. The molecule has 2 aromatic carbocycles. The van der Waals surface area contributed by atoms with Crippen LogP contribution in [0.4, 0.5) is 0 Å². The largest absolute Gasteiger partial charge is 0.464 e. The van der Waals surface area contributed by atoms with E-state index in [0.717, 1.165) is 27.3 Å². The molecule has 0 aliphatic heterocycles. The van der Waals surface area contributed by atoms with Gasteiger partial charge in [-0.1, -0.05) is 50.2 Å². The summed E-state index contributed by atoms with van der Waals surface area (Å²) in [6.45, 7) is 6.48. The van der Waals surface area contributed by atoms with Crippen molar-refractivity contribution in [1.29, 1.82) is 0 Å². The Kier molecular flexibility index (Phi) is 7.12. The van der Waals surface area contributed by atoms with Crippen LogP contribution in [0.3, 0.4) is 0 Å². The Morgan fingerprint density at radius 1 is 1.09 bits per heavy atom. The van der Waals surface area contributed by atoms with Crippen molar-refractivity contribution in [2.45, 2.75) is 33.2 Å². The van der Waals surface area contributed by atoms with E-state index >= 15 is 0 Å². The number of furan rings is 1. The number of rotatable bonds is 8. The predicted octanol–water partition coefficient (Wildman–Crippen LogP) is 5.78. The average Bonchev–Trinajstić information content (AvgIpc) is 3.47. The van der Waals surface area contributed by atoms with Gasteiger partial charge in [-0.15, -0.1) is 11.3 Å². The Labute approximate surface area is 203 Å². The summed E-state index contributed by atoms with van der Waals surface area (Å²) in [7, 11) is 1.79. The second-order valence-corrected chi connectivity index (χ2v) is 10.0. The summed E-state index contributed by atoms with van der Waals surface area (Å²) < 4.78 is 5.42. The lowest BCUT2D eigenvalue weighted by molar-refractivity contribution is 0.0695. The lowest BCUT2D eigenvalue weighted by Crippen LogP contribution is -2.45. The molecule has 0 fully saturated rings. The van der Waals surface area contributed by atoms with Gasteiger partial charge in [-0.3, -0.25) is 9.59 Å². The van der Waals surface area contributed by atoms with E-state index in [1.807, 2.05) is 43.3 Å². The molecular weight excluding hydrogens is 446 g/mol. The number of fused-ring (bicyclic) bond motifs is 1. The minimum absolute atomic E-state index is 0.139. The van der Waals surface area contributed by atoms with Gasteiger partial charge in [0.15, 0.2) is 0 Å². The van der Waals surface area contributed by atoms with Gasteiger partial charge in [0.2, 0.25) is 0 Å². The molecule has 176 valence electrons. The fraction of sp³-hybridized carbons (Fsp3) is 0.296. The summed E-state index contributed by atoms with van der Waals surface area (Å²) >= 11 is 1.52. The fourth-order valence-corrected chi connectivity index (χ4v) is 5.03. The van der Waals surface area contributed by atoms with Crippen LogP contribution in [-0.4, -0.2) is 41.3 Å². The van der Waals surface area contributed by atoms with E-state index in [9.17, 15) is 9.59 Å². The number of nitrogens with one attached hydrogen (secondary N) is 1. The van der Waals surface area contributed by atoms with Crippen LogP contribution in [0.15, 0.2) is 65.3 Å². The van der Waals surface area contributed by atoms with Crippen LogP contribution in [-0.2, 0) is 0 Å². The molecule has 6 nitrogen and oxygen atoms in total. The van der Waals surface area contributed by atoms with Gasteiger partial charge in [0, 0.05) is 25.0 Å². The lowest BCUT2D eigenvalue weighted by atomic mass is 10.0. The summed E-state index contributed by atoms with van der Waals surface area (Å²) in [6, 6.07) is 16.9. The molecule has 2 heterocycles. The minimum Gasteiger partial charge on any atom is -0.464 e. The average molecular weight is 476 g/mol. The molecule has 4 rings (SSSR count). The Morgan fingerprint density at radius 3 is 2.59 bits per heavy atom. The maximum absolute atomic E-state index is 13.6. The van der Waals surface area contributed by atoms with E-state index in [2.05, 4.69) is 24.1 Å². The maximum Gasteiger partial charge on any atom is 0.274 e. The molecular formula is C27H29N3O3S. The number of benzene rings is 2. The van der Waals surface area contributed by atoms with Crippen LogP contribution >= 0.6 is 11.3 Å². The summed E-state index contributed by atoms with van der Waals surface area (Å²) in [4.78, 5) is 33.7. The van der Waals surface area contributed by atoms with Crippen LogP contribution in [0.1, 0.15) is 46.1 Å². The number of aromatic nitrogens is 1. The number of thiazole rings is 1. The number of carbonyl (C=O) groups is 2. The minimum atomic E-state index is -0.184. The number of aryl methyl sites for hydroxylation is 1. The highest BCUT2D eigenvalue weighted by atomic mass is 32.1. The molecule has 7 heteroatoms. The van der Waals surface area contributed by atoms with Gasteiger partial charge in [-0.25, -0.2) is 4.98 Å². The van der Waals surface area contributed by atoms with Crippen LogP contribution in [0.5, 0.6) is 0 Å². The van der Waals surface area contributed by atoms with E-state index in [1.54, 1.807) is 36.4 Å². The molecule has 0 saturated carbocycles. The Hall–Kier alpha value is -3.45. The van der Waals surface area contributed by atoms with E-state index in [0.29, 0.717) is 29.3 Å². The first kappa shape index (κ1) is 23.7. The molecule has 2 amide bonds. The third-order valence-corrected chi connectivity index (χ3v) is 6.84. The van der Waals surface area contributed by atoms with Gasteiger partial charge in [-0.05, 0) is 43.0 Å². The van der Waals surface area contributed by atoms with Crippen LogP contribution in [0.2, 0.25) is 0 Å². The first-order chi connectivity index (χ1) is 16.3. The molecule has 0 radical (unpaired) electrons. The van der Waals surface area contributed by atoms with E-state index < -0.39 is 0 Å². The van der Waals surface area contributed by atoms with E-state index in [-0.39, 0.29) is 17.9 Å². The molecule has 2 aromatic heterocycles. The highest BCUT2D eigenvalue weighted by Gasteiger charge is 2.27. The number of likely N-dealkylation sites (N-methyl/N-ethyl adjacent to an activating group) is 1. The monoisotopic (exact) mass is 475 g/mol. The Bertz CT molecular complexity index is 1290. The normalized spacial score (nSPS) is 12.1. The van der Waals surface area contributed by atoms with Crippen LogP contribution in [0.25, 0.3) is 21.4 Å². The van der Waals surface area contributed by atoms with Crippen molar-refractivity contribution < 1.29 is 14.0 Å². The van der Waals surface area contributed by atoms with Gasteiger partial charge >= 0.3 is 0 Å². The molecule has 4 aromatic rings. The quantitative estimate of drug-likeness (QED) is 0.350. The van der Waals surface area contributed by atoms with Crippen molar-refractivity contribution in [1.82, 2.24) is 15.2 Å².